The van der Waals surface area contributed by atoms with E-state index in [1.165, 1.54) is 13.1 Å². The molecule has 0 saturated carbocycles. The molecule has 3 rings (SSSR count). The van der Waals surface area contributed by atoms with Gasteiger partial charge in [-0.25, -0.2) is 8.78 Å². The monoisotopic (exact) mass is 415 g/mol. The summed E-state index contributed by atoms with van der Waals surface area (Å²) < 4.78 is 26.7. The molecule has 4 amide bonds. The Hall–Kier alpha value is -3.62. The molecule has 0 aliphatic carbocycles. The molecule has 1 heterocycles. The summed E-state index contributed by atoms with van der Waals surface area (Å²) in [5.74, 6) is -4.49. The van der Waals surface area contributed by atoms with Crippen LogP contribution in [0, 0.1) is 18.6 Å². The summed E-state index contributed by atoms with van der Waals surface area (Å²) >= 11 is 0. The van der Waals surface area contributed by atoms with Gasteiger partial charge in [0.25, 0.3) is 11.8 Å². The molecule has 7 nitrogen and oxygen atoms in total. The minimum Gasteiger partial charge on any atom is -0.357 e. The van der Waals surface area contributed by atoms with Gasteiger partial charge in [0.15, 0.2) is 11.6 Å². The minimum absolute atomic E-state index is 0.0535. The highest BCUT2D eigenvalue weighted by atomic mass is 19.2. The van der Waals surface area contributed by atoms with Crippen LogP contribution in [0.15, 0.2) is 36.4 Å². The lowest BCUT2D eigenvalue weighted by molar-refractivity contribution is -0.129. The summed E-state index contributed by atoms with van der Waals surface area (Å²) in [6.07, 6.45) is -0.262. The molecule has 0 bridgehead atoms. The Morgan fingerprint density at radius 3 is 2.37 bits per heavy atom. The molecule has 156 valence electrons. The van der Waals surface area contributed by atoms with E-state index in [4.69, 9.17) is 0 Å². The standard InChI is InChI=1S/C21H19F2N3O4/c1-11-3-5-13-14(9-11)21(30)26(20(13)29)8-7-17(27)25-18(19(28)24-2)12-4-6-15(22)16(23)10-12/h3-6,9-10,18H,7-8H2,1-2H3,(H,24,28)(H,25,27). The maximum absolute atomic E-state index is 13.5. The fourth-order valence-electron chi connectivity index (χ4n) is 3.19. The smallest absolute Gasteiger partial charge is 0.261 e. The Morgan fingerprint density at radius 2 is 1.70 bits per heavy atom. The summed E-state index contributed by atoms with van der Waals surface area (Å²) in [4.78, 5) is 50.4. The highest BCUT2D eigenvalue weighted by Crippen LogP contribution is 2.24. The lowest BCUT2D eigenvalue weighted by atomic mass is 10.1. The predicted molar refractivity (Wildman–Crippen MR) is 102 cm³/mol. The maximum atomic E-state index is 13.5. The van der Waals surface area contributed by atoms with Crippen molar-refractivity contribution in [3.05, 3.63) is 70.3 Å². The van der Waals surface area contributed by atoms with Gasteiger partial charge >= 0.3 is 0 Å². The van der Waals surface area contributed by atoms with Crippen molar-refractivity contribution < 1.29 is 28.0 Å². The second-order valence-corrected chi connectivity index (χ2v) is 6.85. The lowest BCUT2D eigenvalue weighted by Gasteiger charge is -2.19. The minimum atomic E-state index is -1.26. The first-order valence-electron chi connectivity index (χ1n) is 9.15. The highest BCUT2D eigenvalue weighted by molar-refractivity contribution is 6.21. The van der Waals surface area contributed by atoms with Crippen LogP contribution >= 0.6 is 0 Å². The first-order chi connectivity index (χ1) is 14.2. The number of hydrogen-bond acceptors (Lipinski definition) is 4. The van der Waals surface area contributed by atoms with E-state index in [9.17, 15) is 28.0 Å². The molecule has 1 aliphatic heterocycles. The van der Waals surface area contributed by atoms with Crippen LogP contribution in [-0.2, 0) is 9.59 Å². The molecule has 1 aliphatic rings. The van der Waals surface area contributed by atoms with E-state index in [1.54, 1.807) is 25.1 Å². The van der Waals surface area contributed by atoms with E-state index in [0.29, 0.717) is 0 Å². The molecule has 2 N–H and O–H groups in total. The average Bonchev–Trinajstić information content (AvgIpc) is 2.95. The molecule has 0 fully saturated rings. The quantitative estimate of drug-likeness (QED) is 0.704. The number of halogens is 2. The predicted octanol–water partition coefficient (Wildman–Crippen LogP) is 1.86. The number of aryl methyl sites for hydroxylation is 1. The van der Waals surface area contributed by atoms with E-state index in [1.807, 2.05) is 0 Å². The van der Waals surface area contributed by atoms with E-state index in [-0.39, 0.29) is 29.7 Å². The van der Waals surface area contributed by atoms with Gasteiger partial charge < -0.3 is 10.6 Å². The third-order valence-corrected chi connectivity index (χ3v) is 4.78. The molecule has 1 atom stereocenters. The van der Waals surface area contributed by atoms with Crippen LogP contribution < -0.4 is 10.6 Å². The Kier molecular flexibility index (Phi) is 5.91. The Balaban J connectivity index is 1.69. The van der Waals surface area contributed by atoms with Crippen LogP contribution in [0.3, 0.4) is 0 Å². The Labute approximate surface area is 171 Å². The van der Waals surface area contributed by atoms with E-state index >= 15 is 0 Å². The Bertz CT molecular complexity index is 1050. The first-order valence-corrected chi connectivity index (χ1v) is 9.15. The molecular weight excluding hydrogens is 396 g/mol. The molecule has 2 aromatic carbocycles. The topological polar surface area (TPSA) is 95.6 Å². The zero-order valence-electron chi connectivity index (χ0n) is 16.3. The van der Waals surface area contributed by atoms with Crippen molar-refractivity contribution in [1.82, 2.24) is 15.5 Å². The van der Waals surface area contributed by atoms with Gasteiger partial charge in [0.2, 0.25) is 11.8 Å². The maximum Gasteiger partial charge on any atom is 0.261 e. The number of carbonyl (C=O) groups is 4. The Morgan fingerprint density at radius 1 is 1.00 bits per heavy atom. The number of imide groups is 1. The molecule has 0 radical (unpaired) electrons. The van der Waals surface area contributed by atoms with Crippen molar-refractivity contribution in [2.75, 3.05) is 13.6 Å². The number of nitrogens with one attached hydrogen (secondary N) is 2. The first kappa shape index (κ1) is 21.1. The summed E-state index contributed by atoms with van der Waals surface area (Å²) in [7, 11) is 1.34. The van der Waals surface area contributed by atoms with Crippen molar-refractivity contribution in [1.29, 1.82) is 0 Å². The number of carbonyl (C=O) groups excluding carboxylic acids is 4. The number of likely N-dealkylation sites (N-methyl/N-ethyl adjacent to an activating group) is 1. The summed E-state index contributed by atoms with van der Waals surface area (Å²) in [6.45, 7) is 1.61. The van der Waals surface area contributed by atoms with Gasteiger partial charge in [0, 0.05) is 20.0 Å². The average molecular weight is 415 g/mol. The van der Waals surface area contributed by atoms with Gasteiger partial charge in [0.1, 0.15) is 6.04 Å². The van der Waals surface area contributed by atoms with Gasteiger partial charge in [-0.05, 0) is 36.8 Å². The third-order valence-electron chi connectivity index (χ3n) is 4.78. The molecular formula is C21H19F2N3O4. The normalized spacial score (nSPS) is 13.8. The van der Waals surface area contributed by atoms with Crippen LogP contribution in [0.4, 0.5) is 8.78 Å². The van der Waals surface area contributed by atoms with E-state index in [2.05, 4.69) is 10.6 Å². The molecule has 30 heavy (non-hydrogen) atoms. The fraction of sp³-hybridized carbons (Fsp3) is 0.238. The van der Waals surface area contributed by atoms with E-state index in [0.717, 1.165) is 22.6 Å². The zero-order chi connectivity index (χ0) is 22.0. The van der Waals surface area contributed by atoms with Crippen molar-refractivity contribution in [2.24, 2.45) is 0 Å². The van der Waals surface area contributed by atoms with Crippen LogP contribution in [-0.4, -0.2) is 42.1 Å². The number of nitrogens with zero attached hydrogens (tertiary/aromatic N) is 1. The fourth-order valence-corrected chi connectivity index (χ4v) is 3.19. The lowest BCUT2D eigenvalue weighted by Crippen LogP contribution is -2.41. The second-order valence-electron chi connectivity index (χ2n) is 6.85. The number of benzene rings is 2. The van der Waals surface area contributed by atoms with Gasteiger partial charge in [-0.15, -0.1) is 0 Å². The summed E-state index contributed by atoms with van der Waals surface area (Å²) in [5, 5.41) is 4.77. The third kappa shape index (κ3) is 4.05. The van der Waals surface area contributed by atoms with Crippen LogP contribution in [0.5, 0.6) is 0 Å². The van der Waals surface area contributed by atoms with Gasteiger partial charge in [-0.2, -0.15) is 0 Å². The summed E-state index contributed by atoms with van der Waals surface area (Å²) in [5.41, 5.74) is 1.44. The van der Waals surface area contributed by atoms with Crippen LogP contribution in [0.25, 0.3) is 0 Å². The highest BCUT2D eigenvalue weighted by Gasteiger charge is 2.35. The zero-order valence-corrected chi connectivity index (χ0v) is 16.3. The van der Waals surface area contributed by atoms with Crippen molar-refractivity contribution in [3.8, 4) is 0 Å². The molecule has 0 aromatic heterocycles. The van der Waals surface area contributed by atoms with Crippen molar-refractivity contribution in [3.63, 3.8) is 0 Å². The van der Waals surface area contributed by atoms with Crippen molar-refractivity contribution in [2.45, 2.75) is 19.4 Å². The number of fused-ring (bicyclic) bond motifs is 1. The molecule has 2 aromatic rings. The van der Waals surface area contributed by atoms with Gasteiger partial charge in [0.05, 0.1) is 11.1 Å². The molecule has 0 spiro atoms. The van der Waals surface area contributed by atoms with E-state index < -0.39 is 41.3 Å². The number of amides is 4. The SMILES string of the molecule is CNC(=O)C(NC(=O)CCN1C(=O)c2ccc(C)cc2C1=O)c1ccc(F)c(F)c1. The molecule has 9 heteroatoms. The molecule has 0 saturated heterocycles. The second kappa shape index (κ2) is 8.40. The number of hydrogen-bond donors (Lipinski definition) is 2. The van der Waals surface area contributed by atoms with Crippen LogP contribution in [0.1, 0.15) is 44.3 Å². The number of rotatable bonds is 6. The van der Waals surface area contributed by atoms with Gasteiger partial charge in [-0.1, -0.05) is 17.7 Å². The molecule has 1 unspecified atom stereocenters. The largest absolute Gasteiger partial charge is 0.357 e. The van der Waals surface area contributed by atoms with Gasteiger partial charge in [-0.3, -0.25) is 24.1 Å². The van der Waals surface area contributed by atoms with Crippen LogP contribution in [0.2, 0.25) is 0 Å². The van der Waals surface area contributed by atoms with Crippen molar-refractivity contribution >= 4 is 23.6 Å². The summed E-state index contributed by atoms with van der Waals surface area (Å²) in [6, 6.07) is 6.49.